The van der Waals surface area contributed by atoms with Crippen molar-refractivity contribution in [3.8, 4) is 0 Å². The Morgan fingerprint density at radius 2 is 1.92 bits per heavy atom. The van der Waals surface area contributed by atoms with Crippen LogP contribution in [0, 0.1) is 5.92 Å². The van der Waals surface area contributed by atoms with Gasteiger partial charge >= 0.3 is 0 Å². The third-order valence-corrected chi connectivity index (χ3v) is 5.68. The second-order valence-corrected chi connectivity index (χ2v) is 7.86. The number of carbonyl (C=O) groups is 1. The highest BCUT2D eigenvalue weighted by Crippen LogP contribution is 2.25. The van der Waals surface area contributed by atoms with E-state index in [0.29, 0.717) is 5.92 Å². The SMILES string of the molecule is CN(Cc1cccc(C(=O)N2CCCCC2)c1)CC1CCCCC1O. The molecule has 1 aromatic carbocycles. The summed E-state index contributed by atoms with van der Waals surface area (Å²) >= 11 is 0. The first-order chi connectivity index (χ1) is 12.1. The molecular formula is C21H32N2O2. The summed E-state index contributed by atoms with van der Waals surface area (Å²) in [5.74, 6) is 0.559. The number of hydrogen-bond acceptors (Lipinski definition) is 3. The second-order valence-electron chi connectivity index (χ2n) is 7.86. The van der Waals surface area contributed by atoms with Crippen molar-refractivity contribution in [2.75, 3.05) is 26.7 Å². The number of aliphatic hydroxyl groups excluding tert-OH is 1. The molecule has 2 fully saturated rings. The molecule has 1 heterocycles. The zero-order chi connectivity index (χ0) is 17.6. The Morgan fingerprint density at radius 1 is 1.16 bits per heavy atom. The Bertz CT molecular complexity index is 569. The molecular weight excluding hydrogens is 312 g/mol. The monoisotopic (exact) mass is 344 g/mol. The van der Waals surface area contributed by atoms with E-state index in [0.717, 1.165) is 63.8 Å². The molecule has 4 heteroatoms. The van der Waals surface area contributed by atoms with Crippen LogP contribution in [0.2, 0.25) is 0 Å². The molecule has 1 saturated heterocycles. The van der Waals surface area contributed by atoms with Crippen molar-refractivity contribution in [2.45, 2.75) is 57.6 Å². The summed E-state index contributed by atoms with van der Waals surface area (Å²) in [7, 11) is 2.11. The maximum absolute atomic E-state index is 12.7. The summed E-state index contributed by atoms with van der Waals surface area (Å²) < 4.78 is 0. The summed E-state index contributed by atoms with van der Waals surface area (Å²) in [6, 6.07) is 8.08. The molecule has 0 bridgehead atoms. The van der Waals surface area contributed by atoms with Gasteiger partial charge in [-0.2, -0.15) is 0 Å². The molecule has 2 unspecified atom stereocenters. The fraction of sp³-hybridized carbons (Fsp3) is 0.667. The summed E-state index contributed by atoms with van der Waals surface area (Å²) in [4.78, 5) is 16.9. The highest BCUT2D eigenvalue weighted by molar-refractivity contribution is 5.94. The molecule has 3 rings (SSSR count). The molecule has 2 atom stereocenters. The topological polar surface area (TPSA) is 43.8 Å². The van der Waals surface area contributed by atoms with Gasteiger partial charge in [0.25, 0.3) is 5.91 Å². The van der Waals surface area contributed by atoms with Crippen LogP contribution in [-0.2, 0) is 6.54 Å². The van der Waals surface area contributed by atoms with Gasteiger partial charge in [-0.1, -0.05) is 25.0 Å². The fourth-order valence-corrected chi connectivity index (χ4v) is 4.26. The van der Waals surface area contributed by atoms with Crippen molar-refractivity contribution in [3.63, 3.8) is 0 Å². The molecule has 1 aliphatic heterocycles. The number of carbonyl (C=O) groups excluding carboxylic acids is 1. The van der Waals surface area contributed by atoms with E-state index in [2.05, 4.69) is 18.0 Å². The summed E-state index contributed by atoms with van der Waals surface area (Å²) in [5, 5.41) is 10.2. The van der Waals surface area contributed by atoms with Crippen LogP contribution >= 0.6 is 0 Å². The molecule has 138 valence electrons. The Labute approximate surface area is 151 Å². The molecule has 0 spiro atoms. The van der Waals surface area contributed by atoms with Gasteiger partial charge in [0.05, 0.1) is 6.10 Å². The van der Waals surface area contributed by atoms with Crippen LogP contribution in [0.15, 0.2) is 24.3 Å². The Balaban J connectivity index is 1.58. The molecule has 1 aromatic rings. The predicted octanol–water partition coefficient (Wildman–Crippen LogP) is 3.30. The minimum absolute atomic E-state index is 0.150. The van der Waals surface area contributed by atoms with E-state index >= 15 is 0 Å². The molecule has 1 aliphatic carbocycles. The average Bonchev–Trinajstić information content (AvgIpc) is 2.64. The number of nitrogens with zero attached hydrogens (tertiary/aromatic N) is 2. The van der Waals surface area contributed by atoms with E-state index < -0.39 is 0 Å². The van der Waals surface area contributed by atoms with Gasteiger partial charge in [-0.3, -0.25) is 4.79 Å². The van der Waals surface area contributed by atoms with Crippen LogP contribution in [0.3, 0.4) is 0 Å². The maximum Gasteiger partial charge on any atom is 0.253 e. The predicted molar refractivity (Wildman–Crippen MR) is 100 cm³/mol. The first-order valence-corrected chi connectivity index (χ1v) is 9.88. The van der Waals surface area contributed by atoms with E-state index in [1.54, 1.807) is 0 Å². The Morgan fingerprint density at radius 3 is 2.68 bits per heavy atom. The van der Waals surface area contributed by atoms with Crippen LogP contribution < -0.4 is 0 Å². The van der Waals surface area contributed by atoms with E-state index in [9.17, 15) is 9.90 Å². The third kappa shape index (κ3) is 5.05. The van der Waals surface area contributed by atoms with Crippen molar-refractivity contribution in [1.82, 2.24) is 9.80 Å². The highest BCUT2D eigenvalue weighted by atomic mass is 16.3. The van der Waals surface area contributed by atoms with E-state index in [1.807, 2.05) is 23.1 Å². The lowest BCUT2D eigenvalue weighted by Gasteiger charge is -2.31. The lowest BCUT2D eigenvalue weighted by Crippen LogP contribution is -2.36. The normalized spacial score (nSPS) is 24.5. The highest BCUT2D eigenvalue weighted by Gasteiger charge is 2.24. The number of benzene rings is 1. The number of hydrogen-bond donors (Lipinski definition) is 1. The standard InChI is InChI=1S/C21H32N2O2/c1-22(16-19-9-3-4-11-20(19)24)15-17-8-7-10-18(14-17)21(25)23-12-5-2-6-13-23/h7-8,10,14,19-20,24H,2-6,9,11-13,15-16H2,1H3. The van der Waals surface area contributed by atoms with Gasteiger partial charge in [-0.25, -0.2) is 0 Å². The smallest absolute Gasteiger partial charge is 0.253 e. The van der Waals surface area contributed by atoms with Gasteiger partial charge in [-0.15, -0.1) is 0 Å². The summed E-state index contributed by atoms with van der Waals surface area (Å²) in [6.45, 7) is 3.53. The zero-order valence-corrected chi connectivity index (χ0v) is 15.5. The number of rotatable bonds is 5. The van der Waals surface area contributed by atoms with Crippen LogP contribution in [0.1, 0.15) is 60.9 Å². The zero-order valence-electron chi connectivity index (χ0n) is 15.5. The first kappa shape index (κ1) is 18.4. The van der Waals surface area contributed by atoms with Crippen molar-refractivity contribution in [1.29, 1.82) is 0 Å². The van der Waals surface area contributed by atoms with E-state index in [1.165, 1.54) is 18.4 Å². The van der Waals surface area contributed by atoms with Crippen LogP contribution in [-0.4, -0.2) is 53.6 Å². The molecule has 0 radical (unpaired) electrons. The molecule has 1 saturated carbocycles. The number of aliphatic hydroxyl groups is 1. The van der Waals surface area contributed by atoms with Crippen molar-refractivity contribution in [2.24, 2.45) is 5.92 Å². The number of piperidine rings is 1. The Hall–Kier alpha value is -1.39. The maximum atomic E-state index is 12.7. The Kier molecular flexibility index (Phi) is 6.49. The van der Waals surface area contributed by atoms with Gasteiger partial charge in [0.15, 0.2) is 0 Å². The van der Waals surface area contributed by atoms with Crippen LogP contribution in [0.4, 0.5) is 0 Å². The van der Waals surface area contributed by atoms with Gasteiger partial charge in [0, 0.05) is 31.7 Å². The van der Waals surface area contributed by atoms with Crippen molar-refractivity contribution in [3.05, 3.63) is 35.4 Å². The van der Waals surface area contributed by atoms with Gasteiger partial charge in [0.2, 0.25) is 0 Å². The number of likely N-dealkylation sites (tertiary alicyclic amines) is 1. The minimum atomic E-state index is -0.150. The number of amides is 1. The fourth-order valence-electron chi connectivity index (χ4n) is 4.26. The first-order valence-electron chi connectivity index (χ1n) is 9.88. The van der Waals surface area contributed by atoms with Gasteiger partial charge in [0.1, 0.15) is 0 Å². The van der Waals surface area contributed by atoms with E-state index in [4.69, 9.17) is 0 Å². The van der Waals surface area contributed by atoms with Crippen LogP contribution in [0.5, 0.6) is 0 Å². The lowest BCUT2D eigenvalue weighted by atomic mass is 9.86. The van der Waals surface area contributed by atoms with Crippen molar-refractivity contribution < 1.29 is 9.90 Å². The molecule has 25 heavy (non-hydrogen) atoms. The largest absolute Gasteiger partial charge is 0.393 e. The van der Waals surface area contributed by atoms with Gasteiger partial charge in [-0.05, 0) is 62.8 Å². The molecule has 4 nitrogen and oxygen atoms in total. The summed E-state index contributed by atoms with van der Waals surface area (Å²) in [6.07, 6.45) is 7.79. The summed E-state index contributed by atoms with van der Waals surface area (Å²) in [5.41, 5.74) is 1.99. The lowest BCUT2D eigenvalue weighted by molar-refractivity contribution is 0.0502. The average molecular weight is 344 g/mol. The molecule has 2 aliphatic rings. The second kappa shape index (κ2) is 8.81. The molecule has 0 aromatic heterocycles. The van der Waals surface area contributed by atoms with E-state index in [-0.39, 0.29) is 12.0 Å². The van der Waals surface area contributed by atoms with Crippen LogP contribution in [0.25, 0.3) is 0 Å². The van der Waals surface area contributed by atoms with Gasteiger partial charge < -0.3 is 14.9 Å². The molecule has 1 N–H and O–H groups in total. The quantitative estimate of drug-likeness (QED) is 0.891. The third-order valence-electron chi connectivity index (χ3n) is 5.68. The minimum Gasteiger partial charge on any atom is -0.393 e. The molecule has 1 amide bonds. The van der Waals surface area contributed by atoms with Crippen molar-refractivity contribution >= 4 is 5.91 Å².